The molecule has 2 aromatic rings. The number of hydrogen-bond donors (Lipinski definition) is 0. The number of rotatable bonds is 5. The molecule has 0 aliphatic heterocycles. The van der Waals surface area contributed by atoms with Crippen LogP contribution in [0.5, 0.6) is 0 Å². The second kappa shape index (κ2) is 5.28. The van der Waals surface area contributed by atoms with Crippen molar-refractivity contribution in [2.24, 2.45) is 0 Å². The zero-order valence-electron chi connectivity index (χ0n) is 8.15. The number of nitrogens with zero attached hydrogens (tertiary/aromatic N) is 2. The van der Waals surface area contributed by atoms with Crippen LogP contribution in [0.25, 0.3) is 0 Å². The Balaban J connectivity index is 1.78. The van der Waals surface area contributed by atoms with Gasteiger partial charge < -0.3 is 4.52 Å². The Morgan fingerprint density at radius 1 is 1.40 bits per heavy atom. The molecule has 0 N–H and O–H groups in total. The summed E-state index contributed by atoms with van der Waals surface area (Å²) in [4.78, 5) is 5.54. The normalized spacial score (nSPS) is 10.7. The van der Waals surface area contributed by atoms with E-state index in [1.54, 1.807) is 11.3 Å². The molecule has 2 aromatic heterocycles. The molecule has 0 unspecified atom stereocenters. The number of aromatic nitrogens is 2. The van der Waals surface area contributed by atoms with Gasteiger partial charge in [-0.25, -0.2) is 0 Å². The Labute approximate surface area is 97.1 Å². The minimum absolute atomic E-state index is 0.314. The minimum Gasteiger partial charge on any atom is -0.339 e. The summed E-state index contributed by atoms with van der Waals surface area (Å²) in [5, 5.41) is 5.83. The van der Waals surface area contributed by atoms with Crippen molar-refractivity contribution in [1.29, 1.82) is 0 Å². The first-order valence-corrected chi connectivity index (χ1v) is 6.19. The van der Waals surface area contributed by atoms with E-state index < -0.39 is 0 Å². The van der Waals surface area contributed by atoms with E-state index in [-0.39, 0.29) is 0 Å². The van der Waals surface area contributed by atoms with Gasteiger partial charge in [0.15, 0.2) is 5.82 Å². The van der Waals surface area contributed by atoms with Gasteiger partial charge in [0.2, 0.25) is 5.89 Å². The van der Waals surface area contributed by atoms with Crippen molar-refractivity contribution in [3.05, 3.63) is 34.1 Å². The highest BCUT2D eigenvalue weighted by Gasteiger charge is 2.04. The second-order valence-corrected chi connectivity index (χ2v) is 4.47. The lowest BCUT2D eigenvalue weighted by Crippen LogP contribution is -1.89. The molecule has 2 heterocycles. The summed E-state index contributed by atoms with van der Waals surface area (Å²) >= 11 is 7.35. The van der Waals surface area contributed by atoms with E-state index in [1.807, 2.05) is 0 Å². The van der Waals surface area contributed by atoms with Crippen LogP contribution < -0.4 is 0 Å². The molecular weight excluding hydrogens is 232 g/mol. The van der Waals surface area contributed by atoms with Gasteiger partial charge in [0.25, 0.3) is 0 Å². The van der Waals surface area contributed by atoms with Crippen LogP contribution >= 0.6 is 22.9 Å². The molecule has 0 amide bonds. The van der Waals surface area contributed by atoms with Crippen molar-refractivity contribution in [2.75, 3.05) is 0 Å². The molecular formula is C10H11ClN2OS. The van der Waals surface area contributed by atoms with Crippen LogP contribution in [0.3, 0.4) is 0 Å². The minimum atomic E-state index is 0.314. The Hall–Kier alpha value is -0.870. The Morgan fingerprint density at radius 2 is 2.33 bits per heavy atom. The molecule has 0 bridgehead atoms. The fraction of sp³-hybridized carbons (Fsp3) is 0.400. The summed E-state index contributed by atoms with van der Waals surface area (Å²) in [5.41, 5.74) is 0. The lowest BCUT2D eigenvalue weighted by Gasteiger charge is -1.93. The second-order valence-electron chi connectivity index (χ2n) is 3.17. The highest BCUT2D eigenvalue weighted by Crippen LogP contribution is 2.12. The summed E-state index contributed by atoms with van der Waals surface area (Å²) < 4.78 is 5.03. The monoisotopic (exact) mass is 242 g/mol. The van der Waals surface area contributed by atoms with Gasteiger partial charge in [0.1, 0.15) is 0 Å². The van der Waals surface area contributed by atoms with E-state index in [2.05, 4.69) is 27.7 Å². The van der Waals surface area contributed by atoms with Crippen molar-refractivity contribution in [2.45, 2.75) is 25.1 Å². The van der Waals surface area contributed by atoms with E-state index >= 15 is 0 Å². The first-order valence-electron chi connectivity index (χ1n) is 4.78. The Kier molecular flexibility index (Phi) is 3.75. The maximum absolute atomic E-state index is 5.57. The lowest BCUT2D eigenvalue weighted by atomic mass is 10.2. The van der Waals surface area contributed by atoms with Crippen LogP contribution in [0, 0.1) is 0 Å². The fourth-order valence-electron chi connectivity index (χ4n) is 1.31. The fourth-order valence-corrected chi connectivity index (χ4v) is 2.17. The van der Waals surface area contributed by atoms with Gasteiger partial charge in [-0.3, -0.25) is 0 Å². The topological polar surface area (TPSA) is 38.9 Å². The molecule has 0 aliphatic rings. The van der Waals surface area contributed by atoms with Crippen molar-refractivity contribution in [3.63, 3.8) is 0 Å². The van der Waals surface area contributed by atoms with Crippen LogP contribution in [0.2, 0.25) is 0 Å². The van der Waals surface area contributed by atoms with Crippen LogP contribution in [0.15, 0.2) is 22.0 Å². The lowest BCUT2D eigenvalue weighted by molar-refractivity contribution is 0.372. The van der Waals surface area contributed by atoms with E-state index in [0.717, 1.165) is 19.3 Å². The summed E-state index contributed by atoms with van der Waals surface area (Å²) in [5.74, 6) is 1.57. The predicted molar refractivity (Wildman–Crippen MR) is 60.2 cm³/mol. The van der Waals surface area contributed by atoms with Crippen molar-refractivity contribution >= 4 is 22.9 Å². The Morgan fingerprint density at radius 3 is 3.00 bits per heavy atom. The maximum Gasteiger partial charge on any atom is 0.226 e. The molecule has 0 saturated carbocycles. The summed E-state index contributed by atoms with van der Waals surface area (Å²) in [6, 6.07) is 4.21. The van der Waals surface area contributed by atoms with Gasteiger partial charge >= 0.3 is 0 Å². The maximum atomic E-state index is 5.57. The molecule has 80 valence electrons. The van der Waals surface area contributed by atoms with Crippen LogP contribution in [-0.4, -0.2) is 10.1 Å². The van der Waals surface area contributed by atoms with E-state index in [0.29, 0.717) is 17.6 Å². The van der Waals surface area contributed by atoms with Crippen LogP contribution in [-0.2, 0) is 18.7 Å². The molecule has 0 radical (unpaired) electrons. The third-order valence-electron chi connectivity index (χ3n) is 2.02. The van der Waals surface area contributed by atoms with Crippen molar-refractivity contribution < 1.29 is 4.52 Å². The molecule has 0 saturated heterocycles. The molecule has 0 atom stereocenters. The van der Waals surface area contributed by atoms with Gasteiger partial charge in [-0.15, -0.1) is 22.9 Å². The van der Waals surface area contributed by atoms with Gasteiger partial charge in [0, 0.05) is 11.3 Å². The Bertz CT molecular complexity index is 399. The highest BCUT2D eigenvalue weighted by molar-refractivity contribution is 7.09. The van der Waals surface area contributed by atoms with E-state index in [4.69, 9.17) is 16.1 Å². The zero-order chi connectivity index (χ0) is 10.5. The van der Waals surface area contributed by atoms with Crippen molar-refractivity contribution in [3.8, 4) is 0 Å². The smallest absolute Gasteiger partial charge is 0.226 e. The van der Waals surface area contributed by atoms with Gasteiger partial charge in [0.05, 0.1) is 5.88 Å². The number of halogens is 1. The predicted octanol–water partition coefficient (Wildman–Crippen LogP) is 3.05. The number of thiophene rings is 1. The first kappa shape index (κ1) is 10.6. The summed E-state index contributed by atoms with van der Waals surface area (Å²) in [6.07, 6.45) is 2.92. The summed E-state index contributed by atoms with van der Waals surface area (Å²) in [6.45, 7) is 0. The van der Waals surface area contributed by atoms with Gasteiger partial charge in [-0.2, -0.15) is 4.98 Å². The number of hydrogen-bond acceptors (Lipinski definition) is 4. The summed E-state index contributed by atoms with van der Waals surface area (Å²) in [7, 11) is 0. The van der Waals surface area contributed by atoms with Gasteiger partial charge in [-0.1, -0.05) is 11.2 Å². The molecule has 15 heavy (non-hydrogen) atoms. The molecule has 0 fully saturated rings. The quantitative estimate of drug-likeness (QED) is 0.757. The number of alkyl halides is 1. The van der Waals surface area contributed by atoms with Gasteiger partial charge in [-0.05, 0) is 24.3 Å². The third kappa shape index (κ3) is 3.04. The first-order chi connectivity index (χ1) is 7.38. The van der Waals surface area contributed by atoms with Crippen LogP contribution in [0.1, 0.15) is 23.0 Å². The average molecular weight is 243 g/mol. The van der Waals surface area contributed by atoms with Crippen LogP contribution in [0.4, 0.5) is 0 Å². The standard InChI is InChI=1S/C10H11ClN2OS/c11-7-9-12-10(14-13-9)5-1-3-8-4-2-6-15-8/h2,4,6H,1,3,5,7H2. The molecule has 5 heteroatoms. The SMILES string of the molecule is ClCc1noc(CCCc2cccs2)n1. The van der Waals surface area contributed by atoms with Crippen molar-refractivity contribution in [1.82, 2.24) is 10.1 Å². The number of aryl methyl sites for hydroxylation is 2. The highest BCUT2D eigenvalue weighted by atomic mass is 35.5. The van der Waals surface area contributed by atoms with E-state index in [1.165, 1.54) is 4.88 Å². The largest absolute Gasteiger partial charge is 0.339 e. The average Bonchev–Trinajstić information content (AvgIpc) is 2.88. The van der Waals surface area contributed by atoms with E-state index in [9.17, 15) is 0 Å². The molecule has 2 rings (SSSR count). The molecule has 0 aromatic carbocycles. The third-order valence-corrected chi connectivity index (χ3v) is 3.20. The molecule has 0 spiro atoms. The molecule has 0 aliphatic carbocycles. The molecule has 3 nitrogen and oxygen atoms in total. The zero-order valence-corrected chi connectivity index (χ0v) is 9.72.